The molecule has 2 nitrogen and oxygen atoms in total. The van der Waals surface area contributed by atoms with Crippen LogP contribution in [-0.4, -0.2) is 0 Å². The standard InChI is InChI=1S/C14H11BrCl2FNO/c15-12-5-11(18)2-1-8(12)7-20-14-9(6-19)3-10(16)4-13(14)17/h1-5H,6-7,19H2. The lowest BCUT2D eigenvalue weighted by Gasteiger charge is -2.13. The maximum atomic E-state index is 13.0. The predicted octanol–water partition coefficient (Wildman–Crippen LogP) is 4.93. The van der Waals surface area contributed by atoms with Crippen LogP contribution in [0.4, 0.5) is 4.39 Å². The average molecular weight is 379 g/mol. The van der Waals surface area contributed by atoms with Crippen LogP contribution >= 0.6 is 39.1 Å². The molecule has 106 valence electrons. The smallest absolute Gasteiger partial charge is 0.142 e. The number of halogens is 4. The van der Waals surface area contributed by atoms with Gasteiger partial charge in [0, 0.05) is 27.2 Å². The van der Waals surface area contributed by atoms with Crippen molar-refractivity contribution in [3.05, 3.63) is 61.8 Å². The minimum absolute atomic E-state index is 0.245. The van der Waals surface area contributed by atoms with E-state index >= 15 is 0 Å². The second-order valence-corrected chi connectivity index (χ2v) is 5.80. The molecule has 0 bridgehead atoms. The van der Waals surface area contributed by atoms with Crippen LogP contribution in [0.1, 0.15) is 11.1 Å². The highest BCUT2D eigenvalue weighted by Crippen LogP contribution is 2.33. The molecule has 2 rings (SSSR count). The van der Waals surface area contributed by atoms with E-state index in [1.54, 1.807) is 18.2 Å². The highest BCUT2D eigenvalue weighted by molar-refractivity contribution is 9.10. The Morgan fingerprint density at radius 1 is 1.15 bits per heavy atom. The molecular weight excluding hydrogens is 368 g/mol. The van der Waals surface area contributed by atoms with E-state index in [0.29, 0.717) is 20.3 Å². The number of hydrogen-bond acceptors (Lipinski definition) is 2. The number of hydrogen-bond donors (Lipinski definition) is 1. The van der Waals surface area contributed by atoms with Crippen molar-refractivity contribution in [3.8, 4) is 5.75 Å². The first-order valence-electron chi connectivity index (χ1n) is 5.76. The van der Waals surface area contributed by atoms with Gasteiger partial charge >= 0.3 is 0 Å². The molecule has 0 saturated carbocycles. The van der Waals surface area contributed by atoms with Crippen LogP contribution in [0.3, 0.4) is 0 Å². The van der Waals surface area contributed by atoms with E-state index in [1.165, 1.54) is 12.1 Å². The second kappa shape index (κ2) is 6.76. The Hall–Kier alpha value is -0.810. The van der Waals surface area contributed by atoms with Crippen molar-refractivity contribution in [2.45, 2.75) is 13.2 Å². The minimum Gasteiger partial charge on any atom is -0.487 e. The Kier molecular flexibility index (Phi) is 5.27. The molecule has 0 aliphatic carbocycles. The fraction of sp³-hybridized carbons (Fsp3) is 0.143. The van der Waals surface area contributed by atoms with Gasteiger partial charge in [-0.2, -0.15) is 0 Å². The fourth-order valence-corrected chi connectivity index (χ4v) is 2.77. The summed E-state index contributed by atoms with van der Waals surface area (Å²) in [5.74, 6) is 0.183. The molecule has 6 heteroatoms. The van der Waals surface area contributed by atoms with Crippen LogP contribution in [0.15, 0.2) is 34.8 Å². The maximum Gasteiger partial charge on any atom is 0.142 e. The summed E-state index contributed by atoms with van der Waals surface area (Å²) in [5.41, 5.74) is 7.18. The van der Waals surface area contributed by atoms with Crippen molar-refractivity contribution < 1.29 is 9.13 Å². The monoisotopic (exact) mass is 377 g/mol. The van der Waals surface area contributed by atoms with Crippen molar-refractivity contribution in [1.29, 1.82) is 0 Å². The summed E-state index contributed by atoms with van der Waals surface area (Å²) in [6.07, 6.45) is 0. The van der Waals surface area contributed by atoms with Gasteiger partial charge < -0.3 is 10.5 Å². The van der Waals surface area contributed by atoms with Crippen LogP contribution in [0, 0.1) is 5.82 Å². The number of benzene rings is 2. The lowest BCUT2D eigenvalue weighted by Crippen LogP contribution is -2.04. The van der Waals surface area contributed by atoms with Gasteiger partial charge in [0.05, 0.1) is 5.02 Å². The third kappa shape index (κ3) is 3.64. The third-order valence-electron chi connectivity index (χ3n) is 2.69. The first-order chi connectivity index (χ1) is 9.51. The van der Waals surface area contributed by atoms with Crippen molar-refractivity contribution in [2.24, 2.45) is 5.73 Å². The van der Waals surface area contributed by atoms with Gasteiger partial charge in [-0.25, -0.2) is 4.39 Å². The molecule has 20 heavy (non-hydrogen) atoms. The zero-order valence-electron chi connectivity index (χ0n) is 10.3. The molecule has 0 aliphatic rings. The Balaban J connectivity index is 2.22. The molecule has 0 atom stereocenters. The normalized spacial score (nSPS) is 10.7. The Bertz CT molecular complexity index is 637. The lowest BCUT2D eigenvalue weighted by atomic mass is 10.2. The zero-order chi connectivity index (χ0) is 14.7. The van der Waals surface area contributed by atoms with E-state index in [1.807, 2.05) is 0 Å². The van der Waals surface area contributed by atoms with Gasteiger partial charge in [0.25, 0.3) is 0 Å². The summed E-state index contributed by atoms with van der Waals surface area (Å²) in [4.78, 5) is 0. The van der Waals surface area contributed by atoms with Gasteiger partial charge in [-0.15, -0.1) is 0 Å². The van der Waals surface area contributed by atoms with Crippen molar-refractivity contribution in [1.82, 2.24) is 0 Å². The first kappa shape index (κ1) is 15.6. The van der Waals surface area contributed by atoms with Gasteiger partial charge in [-0.3, -0.25) is 0 Å². The SMILES string of the molecule is NCc1cc(Cl)cc(Cl)c1OCc1ccc(F)cc1Br. The Labute approximate surface area is 134 Å². The summed E-state index contributed by atoms with van der Waals surface area (Å²) in [6, 6.07) is 7.70. The molecule has 0 spiro atoms. The molecule has 2 N–H and O–H groups in total. The van der Waals surface area contributed by atoms with Crippen LogP contribution < -0.4 is 10.5 Å². The lowest BCUT2D eigenvalue weighted by molar-refractivity contribution is 0.302. The molecule has 0 aliphatic heterocycles. The Morgan fingerprint density at radius 3 is 2.55 bits per heavy atom. The largest absolute Gasteiger partial charge is 0.487 e. The minimum atomic E-state index is -0.312. The molecule has 2 aromatic rings. The van der Waals surface area contributed by atoms with Crippen LogP contribution in [0.25, 0.3) is 0 Å². The third-order valence-corrected chi connectivity index (χ3v) is 3.93. The zero-order valence-corrected chi connectivity index (χ0v) is 13.4. The summed E-state index contributed by atoms with van der Waals surface area (Å²) < 4.78 is 19.3. The number of nitrogens with two attached hydrogens (primary N) is 1. The second-order valence-electron chi connectivity index (χ2n) is 4.10. The fourth-order valence-electron chi connectivity index (χ4n) is 1.72. The van der Waals surface area contributed by atoms with Crippen molar-refractivity contribution in [3.63, 3.8) is 0 Å². The van der Waals surface area contributed by atoms with Crippen LogP contribution in [0.5, 0.6) is 5.75 Å². The average Bonchev–Trinajstić information content (AvgIpc) is 2.38. The summed E-state index contributed by atoms with van der Waals surface area (Å²) in [5, 5.41) is 0.905. The van der Waals surface area contributed by atoms with Crippen molar-refractivity contribution in [2.75, 3.05) is 0 Å². The number of ether oxygens (including phenoxy) is 1. The molecule has 0 saturated heterocycles. The van der Waals surface area contributed by atoms with E-state index in [0.717, 1.165) is 11.1 Å². The predicted molar refractivity (Wildman–Crippen MR) is 82.8 cm³/mol. The van der Waals surface area contributed by atoms with Gasteiger partial charge in [-0.05, 0) is 24.3 Å². The van der Waals surface area contributed by atoms with E-state index < -0.39 is 0 Å². The van der Waals surface area contributed by atoms with E-state index in [2.05, 4.69) is 15.9 Å². The molecular formula is C14H11BrCl2FNO. The summed E-state index contributed by atoms with van der Waals surface area (Å²) in [7, 11) is 0. The van der Waals surface area contributed by atoms with E-state index in [4.69, 9.17) is 33.7 Å². The van der Waals surface area contributed by atoms with E-state index in [9.17, 15) is 4.39 Å². The topological polar surface area (TPSA) is 35.2 Å². The summed E-state index contributed by atoms with van der Waals surface area (Å²) >= 11 is 15.3. The van der Waals surface area contributed by atoms with Crippen molar-refractivity contribution >= 4 is 39.1 Å². The maximum absolute atomic E-state index is 13.0. The highest BCUT2D eigenvalue weighted by Gasteiger charge is 2.11. The van der Waals surface area contributed by atoms with Gasteiger partial charge in [0.15, 0.2) is 0 Å². The van der Waals surface area contributed by atoms with Crippen LogP contribution in [-0.2, 0) is 13.2 Å². The van der Waals surface area contributed by atoms with Crippen LogP contribution in [0.2, 0.25) is 10.0 Å². The first-order valence-corrected chi connectivity index (χ1v) is 7.31. The highest BCUT2D eigenvalue weighted by atomic mass is 79.9. The number of rotatable bonds is 4. The molecule has 0 amide bonds. The van der Waals surface area contributed by atoms with Gasteiger partial charge in [0.1, 0.15) is 18.2 Å². The molecule has 0 heterocycles. The van der Waals surface area contributed by atoms with Gasteiger partial charge in [0.2, 0.25) is 0 Å². The van der Waals surface area contributed by atoms with Gasteiger partial charge in [-0.1, -0.05) is 45.2 Å². The Morgan fingerprint density at radius 2 is 1.90 bits per heavy atom. The summed E-state index contributed by atoms with van der Waals surface area (Å²) in [6.45, 7) is 0.509. The molecule has 2 aromatic carbocycles. The molecule has 0 unspecified atom stereocenters. The quantitative estimate of drug-likeness (QED) is 0.818. The van der Waals surface area contributed by atoms with E-state index in [-0.39, 0.29) is 19.0 Å². The molecule has 0 radical (unpaired) electrons. The molecule has 0 aromatic heterocycles. The molecule has 0 fully saturated rings.